The van der Waals surface area contributed by atoms with Crippen LogP contribution >= 0.6 is 0 Å². The number of rotatable bonds is 6. The Labute approximate surface area is 240 Å². The number of carbonyl (C=O) groups is 4. The second kappa shape index (κ2) is 12.2. The molecule has 0 unspecified atom stereocenters. The first-order valence-corrected chi connectivity index (χ1v) is 14.6. The van der Waals surface area contributed by atoms with Gasteiger partial charge in [-0.1, -0.05) is 68.0 Å². The first-order valence-electron chi connectivity index (χ1n) is 14.6. The molecule has 1 spiro atoms. The van der Waals surface area contributed by atoms with Crippen LogP contribution in [0.3, 0.4) is 0 Å². The SMILES string of the molecule is CCCCN1CC=C[C@]23O[C@@H]4/C=C\CCC(=O)N[C@H](C)[C@@H](c5ccccc5)OC(=O)[C@@H]4[C@H]2C(=O)N(CCO)[C@@H]3C1=O. The summed E-state index contributed by atoms with van der Waals surface area (Å²) in [5.74, 6) is -3.52. The number of aliphatic hydroxyl groups is 1. The standard InChI is InChI=1S/C31H39N3O7/c1-3-4-16-33-17-10-15-31-25(28(37)34(18-19-35)27(31)29(33)38)24-22(41-31)13-8-9-14-23(36)32-20(2)26(40-30(24)39)21-11-6-5-7-12-21/h5-8,10-13,15,20,22,24-27,35H,3-4,9,14,16-19H2,1-2H3,(H,32,36)/b13-8-/t20-,22-,24+,25+,26+,27-,31+/m1/s1. The third-order valence-corrected chi connectivity index (χ3v) is 8.55. The summed E-state index contributed by atoms with van der Waals surface area (Å²) in [5, 5.41) is 12.8. The molecule has 41 heavy (non-hydrogen) atoms. The predicted molar refractivity (Wildman–Crippen MR) is 149 cm³/mol. The number of hydrogen-bond acceptors (Lipinski definition) is 7. The summed E-state index contributed by atoms with van der Waals surface area (Å²) in [4.78, 5) is 57.9. The van der Waals surface area contributed by atoms with Gasteiger partial charge >= 0.3 is 5.97 Å². The van der Waals surface area contributed by atoms with Crippen LogP contribution in [0.2, 0.25) is 0 Å². The van der Waals surface area contributed by atoms with E-state index in [9.17, 15) is 24.3 Å². The third-order valence-electron chi connectivity index (χ3n) is 8.55. The Morgan fingerprint density at radius 1 is 1.07 bits per heavy atom. The van der Waals surface area contributed by atoms with Crippen molar-refractivity contribution >= 4 is 23.7 Å². The molecule has 7 atom stereocenters. The lowest BCUT2D eigenvalue weighted by atomic mass is 9.77. The van der Waals surface area contributed by atoms with Crippen LogP contribution in [0.1, 0.15) is 51.2 Å². The average molecular weight is 566 g/mol. The molecule has 2 saturated heterocycles. The normalized spacial score (nSPS) is 34.5. The number of aliphatic hydroxyl groups excluding tert-OH is 1. The molecule has 0 aliphatic carbocycles. The van der Waals surface area contributed by atoms with E-state index >= 15 is 0 Å². The Balaban J connectivity index is 1.57. The van der Waals surface area contributed by atoms with Crippen molar-refractivity contribution in [1.82, 2.24) is 15.1 Å². The van der Waals surface area contributed by atoms with Gasteiger partial charge in [0, 0.05) is 26.1 Å². The molecule has 220 valence electrons. The smallest absolute Gasteiger partial charge is 0.313 e. The van der Waals surface area contributed by atoms with Crippen LogP contribution < -0.4 is 5.32 Å². The van der Waals surface area contributed by atoms with Gasteiger partial charge in [0.25, 0.3) is 0 Å². The molecule has 1 aromatic rings. The van der Waals surface area contributed by atoms with Crippen LogP contribution in [0.5, 0.6) is 0 Å². The van der Waals surface area contributed by atoms with E-state index < -0.39 is 53.6 Å². The summed E-state index contributed by atoms with van der Waals surface area (Å²) >= 11 is 0. The van der Waals surface area contributed by atoms with Crippen LogP contribution in [-0.4, -0.2) is 88.6 Å². The highest BCUT2D eigenvalue weighted by Gasteiger charge is 2.71. The van der Waals surface area contributed by atoms with E-state index in [2.05, 4.69) is 5.32 Å². The lowest BCUT2D eigenvalue weighted by Crippen LogP contribution is -2.55. The molecule has 10 nitrogen and oxygen atoms in total. The van der Waals surface area contributed by atoms with Crippen LogP contribution in [0.15, 0.2) is 54.6 Å². The van der Waals surface area contributed by atoms with Crippen molar-refractivity contribution in [3.05, 3.63) is 60.2 Å². The average Bonchev–Trinajstić information content (AvgIpc) is 3.34. The highest BCUT2D eigenvalue weighted by Crippen LogP contribution is 2.53. The molecule has 2 N–H and O–H groups in total. The number of benzene rings is 1. The number of amides is 3. The summed E-state index contributed by atoms with van der Waals surface area (Å²) in [6, 6.07) is 7.62. The number of esters is 1. The number of hydrogen-bond donors (Lipinski definition) is 2. The zero-order valence-electron chi connectivity index (χ0n) is 23.6. The minimum absolute atomic E-state index is 0.0513. The maximum atomic E-state index is 14.1. The lowest BCUT2D eigenvalue weighted by Gasteiger charge is -2.35. The zero-order valence-corrected chi connectivity index (χ0v) is 23.6. The van der Waals surface area contributed by atoms with E-state index in [4.69, 9.17) is 9.47 Å². The first-order chi connectivity index (χ1) is 19.8. The fourth-order valence-corrected chi connectivity index (χ4v) is 6.65. The molecule has 5 rings (SSSR count). The van der Waals surface area contributed by atoms with Gasteiger partial charge in [-0.2, -0.15) is 0 Å². The summed E-state index contributed by atoms with van der Waals surface area (Å²) in [6.45, 7) is 4.35. The first kappa shape index (κ1) is 29.0. The van der Waals surface area contributed by atoms with E-state index in [1.165, 1.54) is 4.90 Å². The molecule has 4 heterocycles. The number of likely N-dealkylation sites (tertiary alicyclic amines) is 1. The fraction of sp³-hybridized carbons (Fsp3) is 0.548. The Morgan fingerprint density at radius 2 is 1.85 bits per heavy atom. The van der Waals surface area contributed by atoms with Crippen molar-refractivity contribution in [3.8, 4) is 0 Å². The monoisotopic (exact) mass is 565 g/mol. The van der Waals surface area contributed by atoms with Crippen molar-refractivity contribution in [3.63, 3.8) is 0 Å². The highest BCUT2D eigenvalue weighted by atomic mass is 16.6. The zero-order chi connectivity index (χ0) is 29.1. The van der Waals surface area contributed by atoms with Gasteiger partial charge in [-0.25, -0.2) is 0 Å². The van der Waals surface area contributed by atoms with Crippen molar-refractivity contribution in [1.29, 1.82) is 0 Å². The Kier molecular flexibility index (Phi) is 8.60. The van der Waals surface area contributed by atoms with Gasteiger partial charge in [0.05, 0.1) is 24.7 Å². The van der Waals surface area contributed by atoms with Crippen LogP contribution in [0.4, 0.5) is 0 Å². The van der Waals surface area contributed by atoms with Gasteiger partial charge < -0.3 is 29.7 Å². The molecule has 2 fully saturated rings. The molecule has 1 aromatic carbocycles. The number of nitrogens with zero attached hydrogens (tertiary/aromatic N) is 2. The van der Waals surface area contributed by atoms with E-state index in [1.54, 1.807) is 30.1 Å². The molecule has 4 aliphatic rings. The lowest BCUT2D eigenvalue weighted by molar-refractivity contribution is -0.161. The number of fused-ring (bicyclic) bond motifs is 2. The van der Waals surface area contributed by atoms with Gasteiger partial charge in [0.2, 0.25) is 17.7 Å². The molecule has 0 saturated carbocycles. The third kappa shape index (κ3) is 5.30. The van der Waals surface area contributed by atoms with Crippen molar-refractivity contribution in [2.24, 2.45) is 11.8 Å². The molecule has 0 aromatic heterocycles. The van der Waals surface area contributed by atoms with Gasteiger partial charge in [0.15, 0.2) is 0 Å². The van der Waals surface area contributed by atoms with Gasteiger partial charge in [-0.05, 0) is 25.3 Å². The van der Waals surface area contributed by atoms with Crippen LogP contribution in [0.25, 0.3) is 0 Å². The van der Waals surface area contributed by atoms with Gasteiger partial charge in [-0.3, -0.25) is 19.2 Å². The second-order valence-electron chi connectivity index (χ2n) is 11.2. The van der Waals surface area contributed by atoms with Crippen LogP contribution in [-0.2, 0) is 28.7 Å². The maximum Gasteiger partial charge on any atom is 0.313 e. The molecular weight excluding hydrogens is 526 g/mol. The molecule has 10 heteroatoms. The number of unbranched alkanes of at least 4 members (excludes halogenated alkanes) is 1. The Hall–Kier alpha value is -3.50. The quantitative estimate of drug-likeness (QED) is 0.399. The Bertz CT molecular complexity index is 1220. The Morgan fingerprint density at radius 3 is 2.59 bits per heavy atom. The van der Waals surface area contributed by atoms with Gasteiger partial charge in [-0.15, -0.1) is 0 Å². The number of ether oxygens (including phenoxy) is 2. The number of β-amino-alcohol motifs (C(OH)–C–C–N with tert-alkyl or cyclic N) is 1. The fourth-order valence-electron chi connectivity index (χ4n) is 6.65. The van der Waals surface area contributed by atoms with Crippen molar-refractivity contribution in [2.75, 3.05) is 26.2 Å². The molecular formula is C31H39N3O7. The van der Waals surface area contributed by atoms with E-state index in [0.29, 0.717) is 25.1 Å². The van der Waals surface area contributed by atoms with E-state index in [-0.39, 0.29) is 31.4 Å². The number of allylic oxidation sites excluding steroid dienone is 1. The van der Waals surface area contributed by atoms with Crippen molar-refractivity contribution in [2.45, 2.75) is 69.4 Å². The number of nitrogens with one attached hydrogen (secondary N) is 1. The second-order valence-corrected chi connectivity index (χ2v) is 11.2. The summed E-state index contributed by atoms with van der Waals surface area (Å²) in [6.07, 6.45) is 7.84. The minimum atomic E-state index is -1.40. The molecule has 0 radical (unpaired) electrons. The molecule has 0 bridgehead atoms. The summed E-state index contributed by atoms with van der Waals surface area (Å²) < 4.78 is 12.8. The van der Waals surface area contributed by atoms with E-state index in [1.807, 2.05) is 43.3 Å². The van der Waals surface area contributed by atoms with Crippen LogP contribution in [0, 0.1) is 11.8 Å². The molecule has 4 aliphatic heterocycles. The minimum Gasteiger partial charge on any atom is -0.455 e. The predicted octanol–water partition coefficient (Wildman–Crippen LogP) is 1.90. The summed E-state index contributed by atoms with van der Waals surface area (Å²) in [7, 11) is 0. The van der Waals surface area contributed by atoms with E-state index in [0.717, 1.165) is 12.8 Å². The maximum absolute atomic E-state index is 14.1. The topological polar surface area (TPSA) is 125 Å². The van der Waals surface area contributed by atoms with Gasteiger partial charge in [0.1, 0.15) is 23.7 Å². The number of carbonyl (C=O) groups excluding carboxylic acids is 4. The molecule has 3 amide bonds. The van der Waals surface area contributed by atoms with Crippen molar-refractivity contribution < 1.29 is 33.8 Å². The summed E-state index contributed by atoms with van der Waals surface area (Å²) in [5.41, 5.74) is -0.689. The highest BCUT2D eigenvalue weighted by molar-refractivity contribution is 5.99. The largest absolute Gasteiger partial charge is 0.455 e. The number of cyclic esters (lactones) is 1.